The van der Waals surface area contributed by atoms with Crippen LogP contribution in [0.25, 0.3) is 10.9 Å². The molecular formula is C22H22N2O. The minimum absolute atomic E-state index is 0.0952. The topological polar surface area (TPSA) is 36.1 Å². The smallest absolute Gasteiger partial charge is 0.230 e. The van der Waals surface area contributed by atoms with Gasteiger partial charge in [0.2, 0.25) is 5.91 Å². The molecule has 1 aromatic heterocycles. The summed E-state index contributed by atoms with van der Waals surface area (Å²) in [7, 11) is 0. The summed E-state index contributed by atoms with van der Waals surface area (Å²) in [4.78, 5) is 18.9. The molecular weight excluding hydrogens is 308 g/mol. The highest BCUT2D eigenvalue weighted by Crippen LogP contribution is 2.35. The highest BCUT2D eigenvalue weighted by atomic mass is 16.2. The molecule has 3 heteroatoms. The van der Waals surface area contributed by atoms with Crippen LogP contribution in [0, 0.1) is 5.92 Å². The summed E-state index contributed by atoms with van der Waals surface area (Å²) in [5.41, 5.74) is 6.31. The molecule has 0 spiro atoms. The molecule has 1 atom stereocenters. The Morgan fingerprint density at radius 3 is 2.84 bits per heavy atom. The van der Waals surface area contributed by atoms with E-state index in [9.17, 15) is 4.79 Å². The van der Waals surface area contributed by atoms with E-state index < -0.39 is 0 Å². The molecule has 2 heterocycles. The summed E-state index contributed by atoms with van der Waals surface area (Å²) >= 11 is 0. The van der Waals surface area contributed by atoms with Crippen LogP contribution < -0.4 is 4.90 Å². The Bertz CT molecular complexity index is 956. The maximum atomic E-state index is 13.3. The van der Waals surface area contributed by atoms with Crippen LogP contribution in [-0.2, 0) is 24.1 Å². The van der Waals surface area contributed by atoms with Crippen molar-refractivity contribution in [3.63, 3.8) is 0 Å². The molecule has 3 nitrogen and oxygen atoms in total. The average molecular weight is 330 g/mol. The third kappa shape index (κ3) is 2.38. The van der Waals surface area contributed by atoms with E-state index in [2.05, 4.69) is 47.4 Å². The van der Waals surface area contributed by atoms with Gasteiger partial charge in [-0.1, -0.05) is 36.4 Å². The summed E-state index contributed by atoms with van der Waals surface area (Å²) in [6.45, 7) is 0.854. The van der Waals surface area contributed by atoms with E-state index in [4.69, 9.17) is 0 Å². The van der Waals surface area contributed by atoms with Crippen molar-refractivity contribution in [2.75, 3.05) is 11.4 Å². The molecule has 1 aliphatic heterocycles. The molecule has 0 bridgehead atoms. The number of hydrogen-bond acceptors (Lipinski definition) is 1. The number of nitrogens with zero attached hydrogens (tertiary/aromatic N) is 1. The Kier molecular flexibility index (Phi) is 3.40. The molecule has 2 aromatic carbocycles. The molecule has 5 rings (SSSR count). The van der Waals surface area contributed by atoms with Gasteiger partial charge in [0.25, 0.3) is 0 Å². The SMILES string of the molecule is O=C(C1CCc2[nH]c3ccccc3c2C1)N1CCCc2ccccc21. The Labute approximate surface area is 147 Å². The Morgan fingerprint density at radius 1 is 1.04 bits per heavy atom. The minimum atomic E-state index is 0.0952. The van der Waals surface area contributed by atoms with Crippen molar-refractivity contribution in [1.29, 1.82) is 0 Å². The average Bonchev–Trinajstić information content (AvgIpc) is 3.05. The second-order valence-corrected chi connectivity index (χ2v) is 7.29. The van der Waals surface area contributed by atoms with Crippen LogP contribution in [0.4, 0.5) is 5.69 Å². The predicted octanol–water partition coefficient (Wildman–Crippen LogP) is 4.25. The van der Waals surface area contributed by atoms with Gasteiger partial charge >= 0.3 is 0 Å². The second kappa shape index (κ2) is 5.76. The number of aromatic nitrogens is 1. The van der Waals surface area contributed by atoms with Gasteiger partial charge in [0, 0.05) is 34.7 Å². The lowest BCUT2D eigenvalue weighted by Crippen LogP contribution is -2.41. The van der Waals surface area contributed by atoms with Crippen LogP contribution >= 0.6 is 0 Å². The van der Waals surface area contributed by atoms with Gasteiger partial charge in [-0.2, -0.15) is 0 Å². The second-order valence-electron chi connectivity index (χ2n) is 7.29. The summed E-state index contributed by atoms with van der Waals surface area (Å²) < 4.78 is 0. The van der Waals surface area contributed by atoms with Gasteiger partial charge < -0.3 is 9.88 Å². The predicted molar refractivity (Wildman–Crippen MR) is 101 cm³/mol. The molecule has 3 aromatic rings. The zero-order valence-corrected chi connectivity index (χ0v) is 14.3. The van der Waals surface area contributed by atoms with Gasteiger partial charge in [0.05, 0.1) is 0 Å². The summed E-state index contributed by atoms with van der Waals surface area (Å²) in [5, 5.41) is 1.29. The van der Waals surface area contributed by atoms with Crippen molar-refractivity contribution in [1.82, 2.24) is 4.98 Å². The molecule has 25 heavy (non-hydrogen) atoms. The lowest BCUT2D eigenvalue weighted by Gasteiger charge is -2.33. The van der Waals surface area contributed by atoms with Crippen LogP contribution in [0.15, 0.2) is 48.5 Å². The summed E-state index contributed by atoms with van der Waals surface area (Å²) in [6.07, 6.45) is 4.91. The van der Waals surface area contributed by atoms with E-state index >= 15 is 0 Å². The number of aromatic amines is 1. The first-order valence-electron chi connectivity index (χ1n) is 9.29. The van der Waals surface area contributed by atoms with Crippen molar-refractivity contribution in [2.24, 2.45) is 5.92 Å². The molecule has 1 aliphatic carbocycles. The number of fused-ring (bicyclic) bond motifs is 4. The van der Waals surface area contributed by atoms with Gasteiger partial charge in [-0.25, -0.2) is 0 Å². The molecule has 0 saturated heterocycles. The van der Waals surface area contributed by atoms with Crippen molar-refractivity contribution in [2.45, 2.75) is 32.1 Å². The van der Waals surface area contributed by atoms with Crippen molar-refractivity contribution >= 4 is 22.5 Å². The van der Waals surface area contributed by atoms with E-state index in [1.54, 1.807) is 0 Å². The maximum absolute atomic E-state index is 13.3. The van der Waals surface area contributed by atoms with E-state index in [-0.39, 0.29) is 5.92 Å². The molecule has 0 fully saturated rings. The molecule has 0 saturated carbocycles. The van der Waals surface area contributed by atoms with E-state index in [0.29, 0.717) is 5.91 Å². The fourth-order valence-electron chi connectivity index (χ4n) is 4.56. The van der Waals surface area contributed by atoms with Crippen molar-refractivity contribution in [3.05, 3.63) is 65.4 Å². The monoisotopic (exact) mass is 330 g/mol. The number of benzene rings is 2. The first-order chi connectivity index (χ1) is 12.3. The third-order valence-corrected chi connectivity index (χ3v) is 5.82. The molecule has 0 radical (unpaired) electrons. The number of anilines is 1. The number of para-hydroxylation sites is 2. The van der Waals surface area contributed by atoms with Crippen LogP contribution in [0.5, 0.6) is 0 Å². The largest absolute Gasteiger partial charge is 0.358 e. The van der Waals surface area contributed by atoms with E-state index in [1.165, 1.54) is 27.7 Å². The van der Waals surface area contributed by atoms with E-state index in [0.717, 1.165) is 44.3 Å². The number of nitrogens with one attached hydrogen (secondary N) is 1. The van der Waals surface area contributed by atoms with Gasteiger partial charge in [-0.3, -0.25) is 4.79 Å². The van der Waals surface area contributed by atoms with Gasteiger partial charge in [-0.05, 0) is 55.4 Å². The van der Waals surface area contributed by atoms with Crippen LogP contribution in [0.3, 0.4) is 0 Å². The standard InChI is InChI=1S/C22H22N2O/c25-22(24-13-5-7-15-6-1-4-10-21(15)24)16-11-12-20-18(14-16)17-8-2-3-9-19(17)23-20/h1-4,6,8-10,16,23H,5,7,11-14H2. The molecule has 1 amide bonds. The highest BCUT2D eigenvalue weighted by Gasteiger charge is 2.32. The first kappa shape index (κ1) is 14.8. The van der Waals surface area contributed by atoms with Crippen LogP contribution in [-0.4, -0.2) is 17.4 Å². The number of H-pyrrole nitrogens is 1. The summed E-state index contributed by atoms with van der Waals surface area (Å²) in [6, 6.07) is 16.8. The van der Waals surface area contributed by atoms with Crippen LogP contribution in [0.2, 0.25) is 0 Å². The fraction of sp³-hybridized carbons (Fsp3) is 0.318. The Hall–Kier alpha value is -2.55. The van der Waals surface area contributed by atoms with Gasteiger partial charge in [0.1, 0.15) is 0 Å². The molecule has 126 valence electrons. The Morgan fingerprint density at radius 2 is 1.88 bits per heavy atom. The number of aryl methyl sites for hydroxylation is 2. The molecule has 1 unspecified atom stereocenters. The lowest BCUT2D eigenvalue weighted by molar-refractivity contribution is -0.122. The normalized spacial score (nSPS) is 19.5. The highest BCUT2D eigenvalue weighted by molar-refractivity contribution is 5.97. The Balaban J connectivity index is 1.46. The fourth-order valence-corrected chi connectivity index (χ4v) is 4.56. The minimum Gasteiger partial charge on any atom is -0.358 e. The number of carbonyl (C=O) groups is 1. The lowest BCUT2D eigenvalue weighted by atomic mass is 9.85. The number of rotatable bonds is 1. The zero-order chi connectivity index (χ0) is 16.8. The molecule has 2 aliphatic rings. The molecule has 1 N–H and O–H groups in total. The zero-order valence-electron chi connectivity index (χ0n) is 14.3. The van der Waals surface area contributed by atoms with Gasteiger partial charge in [0.15, 0.2) is 0 Å². The van der Waals surface area contributed by atoms with Crippen LogP contribution in [0.1, 0.15) is 29.7 Å². The van der Waals surface area contributed by atoms with Crippen molar-refractivity contribution < 1.29 is 4.79 Å². The first-order valence-corrected chi connectivity index (χ1v) is 9.29. The summed E-state index contributed by atoms with van der Waals surface area (Å²) in [5.74, 6) is 0.404. The quantitative estimate of drug-likeness (QED) is 0.711. The maximum Gasteiger partial charge on any atom is 0.230 e. The number of carbonyl (C=O) groups excluding carboxylic acids is 1. The third-order valence-electron chi connectivity index (χ3n) is 5.82. The number of hydrogen-bond donors (Lipinski definition) is 1. The van der Waals surface area contributed by atoms with Gasteiger partial charge in [-0.15, -0.1) is 0 Å². The van der Waals surface area contributed by atoms with Crippen molar-refractivity contribution in [3.8, 4) is 0 Å². The number of amides is 1. The van der Waals surface area contributed by atoms with E-state index in [1.807, 2.05) is 11.0 Å².